The van der Waals surface area contributed by atoms with Gasteiger partial charge in [-0.05, 0) is 12.8 Å². The van der Waals surface area contributed by atoms with Crippen LogP contribution in [0.15, 0.2) is 0 Å². The van der Waals surface area contributed by atoms with Crippen LogP contribution in [0.25, 0.3) is 0 Å². The van der Waals surface area contributed by atoms with Gasteiger partial charge in [-0.1, -0.05) is 13.8 Å². The van der Waals surface area contributed by atoms with Gasteiger partial charge in [0.1, 0.15) is 23.3 Å². The first kappa shape index (κ1) is 53.7. The summed E-state index contributed by atoms with van der Waals surface area (Å²) in [6.45, 7) is -0.250. The van der Waals surface area contributed by atoms with Crippen molar-refractivity contribution in [2.24, 2.45) is 10.3 Å². The summed E-state index contributed by atoms with van der Waals surface area (Å²) >= 11 is 0. The van der Waals surface area contributed by atoms with Crippen molar-refractivity contribution in [2.45, 2.75) is 26.7 Å². The molecule has 7 N–H and O–H groups in total. The molecule has 4 aliphatic heterocycles. The smallest absolute Gasteiger partial charge is 0.219 e. The Morgan fingerprint density at radius 1 is 0.560 bits per heavy atom. The van der Waals surface area contributed by atoms with Gasteiger partial charge in [0.15, 0.2) is 9.84 Å². The highest BCUT2D eigenvalue weighted by atomic mass is 32.2. The lowest BCUT2D eigenvalue weighted by molar-refractivity contribution is 0.0158. The van der Waals surface area contributed by atoms with E-state index in [2.05, 4.69) is 10.3 Å². The summed E-state index contributed by atoms with van der Waals surface area (Å²) in [7, 11) is -18.0. The van der Waals surface area contributed by atoms with Crippen LogP contribution in [0.2, 0.25) is 0 Å². The largest absolute Gasteiger partial charge is 0.400 e. The Labute approximate surface area is 297 Å². The van der Waals surface area contributed by atoms with Crippen LogP contribution in [0.3, 0.4) is 0 Å². The molecule has 0 aromatic rings. The number of sulfonamides is 4. The van der Waals surface area contributed by atoms with Gasteiger partial charge in [-0.25, -0.2) is 60.8 Å². The first-order valence-electron chi connectivity index (χ1n) is 14.2. The van der Waals surface area contributed by atoms with Gasteiger partial charge in [0.2, 0.25) is 40.1 Å². The number of ether oxygens (including phenoxy) is 3. The molecule has 50 heavy (non-hydrogen) atoms. The maximum Gasteiger partial charge on any atom is 0.219 e. The van der Waals surface area contributed by atoms with Crippen molar-refractivity contribution in [1.29, 1.82) is 0 Å². The fraction of sp³-hybridized carbons (Fsp3) is 1.00. The Morgan fingerprint density at radius 2 is 0.880 bits per heavy atom. The summed E-state index contributed by atoms with van der Waals surface area (Å²) in [4.78, 5) is 0. The van der Waals surface area contributed by atoms with Crippen LogP contribution >= 0.6 is 0 Å². The van der Waals surface area contributed by atoms with E-state index in [1.165, 1.54) is 0 Å². The van der Waals surface area contributed by atoms with Crippen molar-refractivity contribution in [2.75, 3.05) is 113 Å². The molecule has 28 heteroatoms. The minimum absolute atomic E-state index is 0. The monoisotopic (exact) mass is 854 g/mol. The van der Waals surface area contributed by atoms with Crippen molar-refractivity contribution in [3.8, 4) is 0 Å². The van der Waals surface area contributed by atoms with E-state index in [1.807, 2.05) is 0 Å². The molecule has 0 saturated carbocycles. The third-order valence-corrected chi connectivity index (χ3v) is 14.1. The van der Waals surface area contributed by atoms with Crippen molar-refractivity contribution in [1.82, 2.24) is 8.61 Å². The average Bonchev–Trinajstić information content (AvgIpc) is 2.96. The second-order valence-corrected chi connectivity index (χ2v) is 22.2. The molecule has 4 fully saturated rings. The number of aliphatic hydroxyl groups is 3. The number of primary sulfonamides is 2. The Bertz CT molecular complexity index is 1430. The third kappa shape index (κ3) is 28.8. The van der Waals surface area contributed by atoms with E-state index < -0.39 is 73.0 Å². The quantitative estimate of drug-likeness (QED) is 0.167. The molecule has 22 nitrogen and oxygen atoms in total. The SMILES string of the molecule is C.CO.NS(=O)(=O)CCO.NS(=O)(=O)CCO.O=S1(=O)CCCCC1.O=S1(=O)CCOCC1.O=S1(=O)CCOCN1CN1COCCS1(=O)=O. The van der Waals surface area contributed by atoms with Crippen LogP contribution < -0.4 is 10.3 Å². The number of hydrogen-bond donors (Lipinski definition) is 5. The number of hydrogen-bond acceptors (Lipinski definition) is 18. The maximum absolute atomic E-state index is 11.7. The van der Waals surface area contributed by atoms with Crippen molar-refractivity contribution in [3.05, 3.63) is 0 Å². The van der Waals surface area contributed by atoms with Gasteiger partial charge in [0.25, 0.3) is 0 Å². The second kappa shape index (κ2) is 26.1. The normalized spacial score (nSPS) is 22.4. The summed E-state index contributed by atoms with van der Waals surface area (Å²) in [6.07, 6.45) is 2.85. The number of rotatable bonds is 6. The van der Waals surface area contributed by atoms with Crippen LogP contribution in [0.5, 0.6) is 0 Å². The number of nitrogens with two attached hydrogens (primary N) is 2. The zero-order valence-electron chi connectivity index (χ0n) is 27.1. The minimum atomic E-state index is -3.43. The highest BCUT2D eigenvalue weighted by molar-refractivity contribution is 7.92. The molecule has 0 aromatic carbocycles. The molecule has 0 atom stereocenters. The molecule has 0 radical (unpaired) electrons. The van der Waals surface area contributed by atoms with Gasteiger partial charge in [0, 0.05) is 7.11 Å². The van der Waals surface area contributed by atoms with Crippen LogP contribution in [0.4, 0.5) is 0 Å². The molecule has 0 unspecified atom stereocenters. The molecule has 0 aliphatic carbocycles. The summed E-state index contributed by atoms with van der Waals surface area (Å²) in [6, 6.07) is 0. The molecule has 4 saturated heterocycles. The topological polar surface area (TPSA) is 352 Å². The van der Waals surface area contributed by atoms with E-state index in [4.69, 9.17) is 29.5 Å². The van der Waals surface area contributed by atoms with E-state index in [0.717, 1.165) is 35.0 Å². The van der Waals surface area contributed by atoms with E-state index in [0.29, 0.717) is 24.7 Å². The van der Waals surface area contributed by atoms with Crippen LogP contribution in [0.1, 0.15) is 26.7 Å². The summed E-state index contributed by atoms with van der Waals surface area (Å²) in [5, 5.41) is 31.8. The Balaban J connectivity index is -0.000000576. The van der Waals surface area contributed by atoms with E-state index >= 15 is 0 Å². The molecule has 306 valence electrons. The van der Waals surface area contributed by atoms with Gasteiger partial charge in [-0.15, -0.1) is 0 Å². The van der Waals surface area contributed by atoms with Gasteiger partial charge < -0.3 is 29.5 Å². The van der Waals surface area contributed by atoms with Crippen LogP contribution in [-0.2, 0) is 74.0 Å². The van der Waals surface area contributed by atoms with Crippen molar-refractivity contribution >= 4 is 59.8 Å². The van der Waals surface area contributed by atoms with E-state index in [1.54, 1.807) is 0 Å². The van der Waals surface area contributed by atoms with Crippen molar-refractivity contribution in [3.63, 3.8) is 0 Å². The molecule has 4 heterocycles. The molecule has 0 spiro atoms. The first-order valence-corrected chi connectivity index (χ1v) is 24.5. The zero-order chi connectivity index (χ0) is 38.4. The lowest BCUT2D eigenvalue weighted by Gasteiger charge is -2.33. The average molecular weight is 855 g/mol. The van der Waals surface area contributed by atoms with Crippen LogP contribution in [0, 0.1) is 0 Å². The van der Waals surface area contributed by atoms with E-state index in [-0.39, 0.29) is 75.3 Å². The molecule has 4 rings (SSSR count). The number of nitrogens with zero attached hydrogens (tertiary/aromatic N) is 2. The highest BCUT2D eigenvalue weighted by Gasteiger charge is 2.34. The minimum Gasteiger partial charge on any atom is -0.400 e. The number of aliphatic hydroxyl groups excluding tert-OH is 3. The maximum atomic E-state index is 11.7. The lowest BCUT2D eigenvalue weighted by atomic mass is 10.3. The summed E-state index contributed by atoms with van der Waals surface area (Å²) < 4.78 is 145. The molecule has 4 aliphatic rings. The van der Waals surface area contributed by atoms with Gasteiger partial charge in [-0.2, -0.15) is 8.61 Å². The molecule has 0 aromatic heterocycles. The fourth-order valence-corrected chi connectivity index (χ4v) is 8.56. The Kier molecular flexibility index (Phi) is 28.0. The van der Waals surface area contributed by atoms with Crippen LogP contribution in [-0.4, -0.2) is 187 Å². The molecule has 0 amide bonds. The second-order valence-electron chi connectivity index (χ2n) is 9.91. The molecule has 0 bridgehead atoms. The van der Waals surface area contributed by atoms with Gasteiger partial charge in [-0.3, -0.25) is 0 Å². The Morgan fingerprint density at radius 3 is 1.08 bits per heavy atom. The van der Waals surface area contributed by atoms with Gasteiger partial charge >= 0.3 is 0 Å². The first-order chi connectivity index (χ1) is 22.5. The third-order valence-electron chi connectivity index (χ3n) is 5.78. The zero-order valence-corrected chi connectivity index (χ0v) is 32.0. The summed E-state index contributed by atoms with van der Waals surface area (Å²) in [5.74, 6) is 0.295. The van der Waals surface area contributed by atoms with E-state index in [9.17, 15) is 50.5 Å². The summed E-state index contributed by atoms with van der Waals surface area (Å²) in [5.41, 5.74) is 0. The lowest BCUT2D eigenvalue weighted by Crippen LogP contribution is -2.51. The standard InChI is InChI=1S/C7H14N2O6S2.C5H10O2S.C4H8O3S.2C2H7NO3S.CH4O.CH4/c10-16(11)3-1-14-6-8(16)5-9-7-15-2-4-17(9,12)13;6-8(7)4-2-1-3-5-8;5-8(6)3-1-7-2-4-8;2*3-7(5,6)2-1-4;1-2;/h1-7H2;1-5H2;1-4H2;2*4H,1-2H2,(H2,3,5,6);2H,1H3;1H4. The highest BCUT2D eigenvalue weighted by Crippen LogP contribution is 2.14. The molecular formula is C22H54N4O18S6. The molecular weight excluding hydrogens is 801 g/mol. The van der Waals surface area contributed by atoms with Crippen molar-refractivity contribution < 1.29 is 80.0 Å². The predicted molar refractivity (Wildman–Crippen MR) is 185 cm³/mol. The predicted octanol–water partition coefficient (Wildman–Crippen LogP) is -5.02. The fourth-order valence-electron chi connectivity index (χ4n) is 3.27. The Hall–Kier alpha value is -0.700. The number of sulfone groups is 2. The van der Waals surface area contributed by atoms with Gasteiger partial charge in [0.05, 0.1) is 92.3 Å².